The Labute approximate surface area is 269 Å². The van der Waals surface area contributed by atoms with Crippen LogP contribution in [0.25, 0.3) is 0 Å². The number of hydrogen-bond donors (Lipinski definition) is 4. The highest BCUT2D eigenvalue weighted by Gasteiger charge is 2.45. The molecular weight excluding hydrogens is 627 g/mol. The molecule has 2 aliphatic carbocycles. The number of esters is 1. The molecule has 11 nitrogen and oxygen atoms in total. The van der Waals surface area contributed by atoms with E-state index in [4.69, 9.17) is 21.1 Å². The fraction of sp³-hybridized carbons (Fsp3) is 0.452. The van der Waals surface area contributed by atoms with E-state index in [1.807, 2.05) is 26.0 Å². The SMILES string of the molecule is CC(C)(CNC(=O)C(=O)OCC1CC1)CNc1ccc(Nc2nc(NC3(c4ccc(Cl)cc4)CC3)nc(OCC(F)(F)F)n2)cc1. The van der Waals surface area contributed by atoms with Gasteiger partial charge in [-0.1, -0.05) is 37.6 Å². The molecule has 5 rings (SSSR count). The Morgan fingerprint density at radius 1 is 0.935 bits per heavy atom. The summed E-state index contributed by atoms with van der Waals surface area (Å²) in [6, 6.07) is 13.9. The highest BCUT2D eigenvalue weighted by atomic mass is 35.5. The first-order chi connectivity index (χ1) is 21.8. The van der Waals surface area contributed by atoms with Crippen molar-refractivity contribution >= 4 is 46.7 Å². The Hall–Kier alpha value is -4.33. The molecule has 46 heavy (non-hydrogen) atoms. The van der Waals surface area contributed by atoms with Gasteiger partial charge in [-0.25, -0.2) is 4.79 Å². The number of hydrogen-bond acceptors (Lipinski definition) is 10. The predicted molar refractivity (Wildman–Crippen MR) is 166 cm³/mol. The van der Waals surface area contributed by atoms with Crippen LogP contribution >= 0.6 is 11.6 Å². The smallest absolute Gasteiger partial charge is 0.422 e. The molecule has 1 heterocycles. The molecule has 1 amide bonds. The molecule has 1 aromatic heterocycles. The third-order valence-electron chi connectivity index (χ3n) is 7.45. The summed E-state index contributed by atoms with van der Waals surface area (Å²) in [5, 5.41) is 12.8. The van der Waals surface area contributed by atoms with Crippen LogP contribution in [0, 0.1) is 11.3 Å². The Kier molecular flexibility index (Phi) is 9.75. The van der Waals surface area contributed by atoms with Gasteiger partial charge < -0.3 is 30.7 Å². The van der Waals surface area contributed by atoms with E-state index in [9.17, 15) is 22.8 Å². The van der Waals surface area contributed by atoms with Crippen molar-refractivity contribution in [2.24, 2.45) is 11.3 Å². The van der Waals surface area contributed by atoms with Crippen molar-refractivity contribution in [3.05, 3.63) is 59.1 Å². The van der Waals surface area contributed by atoms with E-state index in [-0.39, 0.29) is 25.0 Å². The second-order valence-electron chi connectivity index (χ2n) is 12.3. The molecule has 0 aliphatic heterocycles. The largest absolute Gasteiger partial charge is 0.458 e. The Balaban J connectivity index is 1.19. The number of ether oxygens (including phenoxy) is 2. The quantitative estimate of drug-likeness (QED) is 0.123. The minimum Gasteiger partial charge on any atom is -0.458 e. The molecule has 4 N–H and O–H groups in total. The molecule has 0 atom stereocenters. The van der Waals surface area contributed by atoms with Gasteiger partial charge in [0.25, 0.3) is 0 Å². The van der Waals surface area contributed by atoms with E-state index in [1.165, 1.54) is 0 Å². The lowest BCUT2D eigenvalue weighted by Crippen LogP contribution is -2.41. The van der Waals surface area contributed by atoms with Gasteiger partial charge in [0.15, 0.2) is 6.61 Å². The zero-order chi connectivity index (χ0) is 33.0. The average Bonchev–Trinajstić information content (AvgIpc) is 3.95. The van der Waals surface area contributed by atoms with E-state index in [1.54, 1.807) is 36.4 Å². The summed E-state index contributed by atoms with van der Waals surface area (Å²) < 4.78 is 48.5. The molecule has 0 radical (unpaired) electrons. The van der Waals surface area contributed by atoms with Crippen LogP contribution in [0.2, 0.25) is 5.02 Å². The molecule has 3 aromatic rings. The van der Waals surface area contributed by atoms with E-state index < -0.39 is 41.6 Å². The number of anilines is 4. The van der Waals surface area contributed by atoms with Gasteiger partial charge in [-0.05, 0) is 79.0 Å². The van der Waals surface area contributed by atoms with E-state index in [0.717, 1.165) is 36.9 Å². The zero-order valence-electron chi connectivity index (χ0n) is 25.3. The minimum atomic E-state index is -4.57. The van der Waals surface area contributed by atoms with Crippen LogP contribution in [-0.2, 0) is 19.9 Å². The van der Waals surface area contributed by atoms with Crippen LogP contribution in [0.5, 0.6) is 6.01 Å². The van der Waals surface area contributed by atoms with E-state index >= 15 is 0 Å². The number of benzene rings is 2. The topological polar surface area (TPSA) is 139 Å². The lowest BCUT2D eigenvalue weighted by atomic mass is 9.93. The second kappa shape index (κ2) is 13.6. The number of carbonyl (C=O) groups excluding carboxylic acids is 2. The van der Waals surface area contributed by atoms with E-state index in [0.29, 0.717) is 23.2 Å². The standard InChI is InChI=1S/C31H35ClF3N7O4/c1-29(2,17-37-24(43)25(44)45-15-19-3-4-19)16-36-22-9-11-23(12-10-22)38-26-39-27(41-28(40-26)46-18-31(33,34)35)42-30(13-14-30)20-5-7-21(32)8-6-20/h5-12,19,36H,3-4,13-18H2,1-2H3,(H,37,43)(H2,38,39,40,41,42). The summed E-state index contributed by atoms with van der Waals surface area (Å²) in [7, 11) is 0. The van der Waals surface area contributed by atoms with Crippen molar-refractivity contribution in [3.63, 3.8) is 0 Å². The van der Waals surface area contributed by atoms with Crippen molar-refractivity contribution in [1.29, 1.82) is 0 Å². The second-order valence-corrected chi connectivity index (χ2v) is 12.8. The first-order valence-corrected chi connectivity index (χ1v) is 15.2. The predicted octanol–water partition coefficient (Wildman–Crippen LogP) is 5.82. The molecule has 0 bridgehead atoms. The van der Waals surface area contributed by atoms with Crippen LogP contribution in [0.1, 0.15) is 45.1 Å². The Morgan fingerprint density at radius 2 is 1.59 bits per heavy atom. The Bertz CT molecular complexity index is 1530. The van der Waals surface area contributed by atoms with Gasteiger partial charge in [0.2, 0.25) is 11.9 Å². The number of halogens is 4. The maximum atomic E-state index is 12.9. The molecule has 246 valence electrons. The normalized spacial score (nSPS) is 15.4. The van der Waals surface area contributed by atoms with Crippen LogP contribution in [0.3, 0.4) is 0 Å². The van der Waals surface area contributed by atoms with Crippen LogP contribution in [0.4, 0.5) is 36.4 Å². The fourth-order valence-electron chi connectivity index (χ4n) is 4.41. The summed E-state index contributed by atoms with van der Waals surface area (Å²) in [4.78, 5) is 36.4. The number of carbonyl (C=O) groups is 2. The molecule has 2 fully saturated rings. The van der Waals surface area contributed by atoms with Gasteiger partial charge in [-0.15, -0.1) is 0 Å². The number of nitrogens with zero attached hydrogens (tertiary/aromatic N) is 3. The number of nitrogens with one attached hydrogen (secondary N) is 4. The maximum absolute atomic E-state index is 12.9. The summed E-state index contributed by atoms with van der Waals surface area (Å²) in [6.07, 6.45) is -0.986. The molecular formula is C31H35ClF3N7O4. The molecule has 0 unspecified atom stereocenters. The first-order valence-electron chi connectivity index (χ1n) is 14.8. The lowest BCUT2D eigenvalue weighted by Gasteiger charge is -2.25. The van der Waals surface area contributed by atoms with Gasteiger partial charge in [-0.2, -0.15) is 28.1 Å². The highest BCUT2D eigenvalue weighted by Crippen LogP contribution is 2.48. The molecule has 2 aromatic carbocycles. The Morgan fingerprint density at radius 3 is 2.22 bits per heavy atom. The van der Waals surface area contributed by atoms with Crippen molar-refractivity contribution in [3.8, 4) is 6.01 Å². The van der Waals surface area contributed by atoms with Gasteiger partial charge >= 0.3 is 24.1 Å². The highest BCUT2D eigenvalue weighted by molar-refractivity contribution is 6.32. The van der Waals surface area contributed by atoms with Crippen LogP contribution in [0.15, 0.2) is 48.5 Å². The third kappa shape index (κ3) is 9.83. The third-order valence-corrected chi connectivity index (χ3v) is 7.70. The minimum absolute atomic E-state index is 0.00479. The van der Waals surface area contributed by atoms with Crippen molar-refractivity contribution in [2.45, 2.75) is 51.2 Å². The van der Waals surface area contributed by atoms with Crippen LogP contribution < -0.4 is 26.0 Å². The number of amides is 1. The lowest BCUT2D eigenvalue weighted by molar-refractivity contribution is -0.155. The maximum Gasteiger partial charge on any atom is 0.422 e. The number of alkyl halides is 3. The van der Waals surface area contributed by atoms with Gasteiger partial charge in [-0.3, -0.25) is 4.79 Å². The number of aromatic nitrogens is 3. The van der Waals surface area contributed by atoms with Gasteiger partial charge in [0.1, 0.15) is 0 Å². The van der Waals surface area contributed by atoms with Gasteiger partial charge in [0, 0.05) is 29.5 Å². The van der Waals surface area contributed by atoms with Crippen molar-refractivity contribution in [2.75, 3.05) is 42.3 Å². The summed E-state index contributed by atoms with van der Waals surface area (Å²) >= 11 is 6.03. The fourth-order valence-corrected chi connectivity index (χ4v) is 4.54. The summed E-state index contributed by atoms with van der Waals surface area (Å²) in [5.41, 5.74) is 1.42. The summed E-state index contributed by atoms with van der Waals surface area (Å²) in [5.74, 6) is -1.20. The van der Waals surface area contributed by atoms with Gasteiger partial charge in [0.05, 0.1) is 12.1 Å². The average molecular weight is 662 g/mol. The monoisotopic (exact) mass is 661 g/mol. The molecule has 2 saturated carbocycles. The molecule has 2 aliphatic rings. The van der Waals surface area contributed by atoms with E-state index in [2.05, 4.69) is 36.2 Å². The molecule has 0 saturated heterocycles. The summed E-state index contributed by atoms with van der Waals surface area (Å²) in [6.45, 7) is 3.35. The number of rotatable bonds is 14. The van der Waals surface area contributed by atoms with Crippen LogP contribution in [-0.4, -0.2) is 59.3 Å². The first kappa shape index (κ1) is 33.0. The zero-order valence-corrected chi connectivity index (χ0v) is 26.1. The molecule has 15 heteroatoms. The van der Waals surface area contributed by atoms with Crippen molar-refractivity contribution < 1.29 is 32.2 Å². The van der Waals surface area contributed by atoms with Crippen molar-refractivity contribution in [1.82, 2.24) is 20.3 Å². The molecule has 0 spiro atoms.